The summed E-state index contributed by atoms with van der Waals surface area (Å²) in [5, 5.41) is 1.01. The molecule has 1 fully saturated rings. The second-order valence-electron chi connectivity index (χ2n) is 7.26. The molecule has 3 aromatic rings. The Hall–Kier alpha value is -2.10. The number of anilines is 1. The number of rotatable bonds is 5. The van der Waals surface area contributed by atoms with Crippen molar-refractivity contribution in [1.82, 2.24) is 9.88 Å². The lowest BCUT2D eigenvalue weighted by Crippen LogP contribution is -2.49. The molecule has 4 rings (SSSR count). The van der Waals surface area contributed by atoms with Gasteiger partial charge >= 0.3 is 0 Å². The number of benzene rings is 2. The molecule has 0 radical (unpaired) electrons. The van der Waals surface area contributed by atoms with Gasteiger partial charge in [0, 0.05) is 37.3 Å². The van der Waals surface area contributed by atoms with Gasteiger partial charge in [-0.25, -0.2) is 13.4 Å². The molecular weight excluding hydrogens is 438 g/mol. The summed E-state index contributed by atoms with van der Waals surface area (Å²) in [6.45, 7) is 2.83. The number of nitrogens with zero attached hydrogens (tertiary/aromatic N) is 3. The Labute approximate surface area is 184 Å². The maximum atomic E-state index is 12.7. The fourth-order valence-electron chi connectivity index (χ4n) is 3.50. The van der Waals surface area contributed by atoms with Gasteiger partial charge in [0.25, 0.3) is 0 Å². The Morgan fingerprint density at radius 2 is 1.80 bits per heavy atom. The highest BCUT2D eigenvalue weighted by Crippen LogP contribution is 2.34. The first-order valence-corrected chi connectivity index (χ1v) is 13.5. The van der Waals surface area contributed by atoms with Crippen molar-refractivity contribution in [3.8, 4) is 0 Å². The number of thiazole rings is 1. The Morgan fingerprint density at radius 3 is 2.43 bits per heavy atom. The van der Waals surface area contributed by atoms with Crippen LogP contribution in [0.25, 0.3) is 10.2 Å². The zero-order chi connectivity index (χ0) is 21.3. The van der Waals surface area contributed by atoms with E-state index in [0.29, 0.717) is 13.1 Å². The minimum Gasteiger partial charge on any atom is -0.345 e. The number of sulfone groups is 1. The first-order valence-electron chi connectivity index (χ1n) is 9.60. The minimum absolute atomic E-state index is 0.0655. The van der Waals surface area contributed by atoms with Crippen LogP contribution < -0.4 is 4.90 Å². The summed E-state index contributed by atoms with van der Waals surface area (Å²) in [6, 6.07) is 12.8. The summed E-state index contributed by atoms with van der Waals surface area (Å²) in [4.78, 5) is 23.1. The summed E-state index contributed by atoms with van der Waals surface area (Å²) in [6.07, 6.45) is 3.52. The molecule has 30 heavy (non-hydrogen) atoms. The lowest BCUT2D eigenvalue weighted by atomic mass is 10.1. The summed E-state index contributed by atoms with van der Waals surface area (Å²) < 4.78 is 24.3. The molecule has 0 spiro atoms. The molecule has 1 aromatic heterocycles. The largest absolute Gasteiger partial charge is 0.345 e. The van der Waals surface area contributed by atoms with E-state index in [2.05, 4.69) is 29.4 Å². The zero-order valence-corrected chi connectivity index (χ0v) is 19.3. The van der Waals surface area contributed by atoms with Crippen molar-refractivity contribution < 1.29 is 13.2 Å². The van der Waals surface area contributed by atoms with Crippen molar-refractivity contribution in [2.45, 2.75) is 16.2 Å². The Morgan fingerprint density at radius 1 is 1.10 bits per heavy atom. The molecule has 1 amide bonds. The van der Waals surface area contributed by atoms with Crippen LogP contribution in [0.4, 0.5) is 5.13 Å². The quantitative estimate of drug-likeness (QED) is 0.543. The van der Waals surface area contributed by atoms with E-state index in [1.165, 1.54) is 15.9 Å². The van der Waals surface area contributed by atoms with Crippen LogP contribution in [0.3, 0.4) is 0 Å². The summed E-state index contributed by atoms with van der Waals surface area (Å²) in [5.41, 5.74) is 1.88. The lowest BCUT2D eigenvalue weighted by molar-refractivity contribution is -0.130. The van der Waals surface area contributed by atoms with Crippen LogP contribution in [-0.2, 0) is 21.1 Å². The van der Waals surface area contributed by atoms with Crippen LogP contribution >= 0.6 is 23.1 Å². The molecule has 0 aliphatic carbocycles. The monoisotopic (exact) mass is 461 g/mol. The van der Waals surface area contributed by atoms with Gasteiger partial charge in [-0.1, -0.05) is 29.5 Å². The van der Waals surface area contributed by atoms with E-state index in [0.717, 1.165) is 29.3 Å². The number of fused-ring (bicyclic) bond motifs is 1. The van der Waals surface area contributed by atoms with Crippen LogP contribution in [0.1, 0.15) is 5.56 Å². The number of piperazine rings is 1. The van der Waals surface area contributed by atoms with Crippen molar-refractivity contribution in [2.75, 3.05) is 43.6 Å². The summed E-state index contributed by atoms with van der Waals surface area (Å²) >= 11 is 3.40. The molecule has 1 saturated heterocycles. The number of carbonyl (C=O) groups is 1. The van der Waals surface area contributed by atoms with E-state index >= 15 is 0 Å². The highest BCUT2D eigenvalue weighted by atomic mass is 32.2. The van der Waals surface area contributed by atoms with Crippen LogP contribution in [0, 0.1) is 0 Å². The Bertz CT molecular complexity index is 1170. The summed E-state index contributed by atoms with van der Waals surface area (Å²) in [7, 11) is -3.22. The zero-order valence-electron chi connectivity index (χ0n) is 16.9. The smallest absolute Gasteiger partial charge is 0.227 e. The van der Waals surface area contributed by atoms with Gasteiger partial charge in [-0.05, 0) is 36.1 Å². The fourth-order valence-corrected chi connectivity index (χ4v) is 5.80. The standard InChI is InChI=1S/C21H23N3O3S3/c1-28-17-4-3-5-18-20(17)22-21(29-18)24-12-10-23(11-13-24)19(25)14-15-6-8-16(9-7-15)30(2,26)27/h3-9H,10-14H2,1-2H3. The van der Waals surface area contributed by atoms with Crippen molar-refractivity contribution in [3.05, 3.63) is 48.0 Å². The molecule has 1 aliphatic heterocycles. The molecular formula is C21H23N3O3S3. The molecule has 0 bridgehead atoms. The normalized spacial score (nSPS) is 15.0. The Balaban J connectivity index is 1.38. The van der Waals surface area contributed by atoms with Gasteiger partial charge < -0.3 is 9.80 Å². The van der Waals surface area contributed by atoms with Crippen molar-refractivity contribution in [1.29, 1.82) is 0 Å². The predicted octanol–water partition coefficient (Wildman–Crippen LogP) is 3.31. The minimum atomic E-state index is -3.22. The number of thioether (sulfide) groups is 1. The van der Waals surface area contributed by atoms with Crippen LogP contribution in [0.15, 0.2) is 52.3 Å². The fraction of sp³-hybridized carbons (Fsp3) is 0.333. The van der Waals surface area contributed by atoms with Gasteiger partial charge in [0.05, 0.1) is 21.5 Å². The third-order valence-corrected chi connectivity index (χ3v) is 8.18. The topological polar surface area (TPSA) is 70.6 Å². The van der Waals surface area contributed by atoms with E-state index in [1.807, 2.05) is 4.90 Å². The first-order chi connectivity index (χ1) is 14.3. The van der Waals surface area contributed by atoms with Crippen LogP contribution in [0.5, 0.6) is 0 Å². The molecule has 0 saturated carbocycles. The third-order valence-electron chi connectivity index (χ3n) is 5.20. The van der Waals surface area contributed by atoms with Crippen molar-refractivity contribution in [2.24, 2.45) is 0 Å². The molecule has 0 atom stereocenters. The average Bonchev–Trinajstić information content (AvgIpc) is 3.18. The van der Waals surface area contributed by atoms with E-state index in [9.17, 15) is 13.2 Å². The SMILES string of the molecule is CSc1cccc2sc(N3CCN(C(=O)Cc4ccc(S(C)(=O)=O)cc4)CC3)nc12. The second-order valence-corrected chi connectivity index (χ2v) is 11.1. The molecule has 0 unspecified atom stereocenters. The van der Waals surface area contributed by atoms with Gasteiger partial charge in [-0.15, -0.1) is 11.8 Å². The lowest BCUT2D eigenvalue weighted by Gasteiger charge is -2.34. The van der Waals surface area contributed by atoms with Gasteiger partial charge in [0.15, 0.2) is 15.0 Å². The van der Waals surface area contributed by atoms with Gasteiger partial charge in [-0.3, -0.25) is 4.79 Å². The Kier molecular flexibility index (Phi) is 6.04. The van der Waals surface area contributed by atoms with E-state index in [4.69, 9.17) is 4.98 Å². The molecule has 1 aliphatic rings. The molecule has 2 aromatic carbocycles. The highest BCUT2D eigenvalue weighted by molar-refractivity contribution is 7.98. The molecule has 6 nitrogen and oxygen atoms in total. The van der Waals surface area contributed by atoms with E-state index in [1.54, 1.807) is 47.4 Å². The maximum absolute atomic E-state index is 12.7. The van der Waals surface area contributed by atoms with Crippen LogP contribution in [-0.4, -0.2) is 62.9 Å². The van der Waals surface area contributed by atoms with Gasteiger partial charge in [0.1, 0.15) is 0 Å². The highest BCUT2D eigenvalue weighted by Gasteiger charge is 2.23. The van der Waals surface area contributed by atoms with Gasteiger partial charge in [-0.2, -0.15) is 0 Å². The maximum Gasteiger partial charge on any atom is 0.227 e. The predicted molar refractivity (Wildman–Crippen MR) is 123 cm³/mol. The van der Waals surface area contributed by atoms with E-state index in [-0.39, 0.29) is 17.2 Å². The second kappa shape index (κ2) is 8.56. The number of para-hydroxylation sites is 1. The number of amides is 1. The number of hydrogen-bond acceptors (Lipinski definition) is 7. The molecule has 9 heteroatoms. The third kappa shape index (κ3) is 4.48. The van der Waals surface area contributed by atoms with Crippen LogP contribution in [0.2, 0.25) is 0 Å². The average molecular weight is 462 g/mol. The van der Waals surface area contributed by atoms with Crippen molar-refractivity contribution in [3.63, 3.8) is 0 Å². The van der Waals surface area contributed by atoms with Crippen molar-refractivity contribution >= 4 is 54.2 Å². The number of carbonyl (C=O) groups excluding carboxylic acids is 1. The van der Waals surface area contributed by atoms with Gasteiger partial charge in [0.2, 0.25) is 5.91 Å². The molecule has 0 N–H and O–H groups in total. The molecule has 2 heterocycles. The van der Waals surface area contributed by atoms with E-state index < -0.39 is 9.84 Å². The number of hydrogen-bond donors (Lipinski definition) is 0. The summed E-state index contributed by atoms with van der Waals surface area (Å²) in [5.74, 6) is 0.0655. The first kappa shape index (κ1) is 21.1. The number of aromatic nitrogens is 1. The molecule has 158 valence electrons.